The van der Waals surface area contributed by atoms with Gasteiger partial charge < -0.3 is 10.0 Å². The van der Waals surface area contributed by atoms with E-state index in [4.69, 9.17) is 16.6 Å². The molecule has 4 aromatic carbocycles. The van der Waals surface area contributed by atoms with Gasteiger partial charge in [-0.15, -0.1) is 0 Å². The van der Waals surface area contributed by atoms with Crippen LogP contribution in [0.1, 0.15) is 11.1 Å². The van der Waals surface area contributed by atoms with Gasteiger partial charge in [0.2, 0.25) is 5.72 Å². The molecule has 0 amide bonds. The number of β-amino-alcohol motifs (C(OH)–C–C–N with tert-alkyl or cyclic N) is 1. The minimum atomic E-state index is -3.31. The van der Waals surface area contributed by atoms with E-state index < -0.39 is 15.6 Å². The van der Waals surface area contributed by atoms with E-state index in [1.54, 1.807) is 36.4 Å². The van der Waals surface area contributed by atoms with E-state index in [0.29, 0.717) is 16.4 Å². The predicted molar refractivity (Wildman–Crippen MR) is 133 cm³/mol. The summed E-state index contributed by atoms with van der Waals surface area (Å²) in [6.07, 6.45) is 1.18. The number of hydrogen-bond acceptors (Lipinski definition) is 5. The lowest BCUT2D eigenvalue weighted by Crippen LogP contribution is -2.34. The molecule has 7 heteroatoms. The highest BCUT2D eigenvalue weighted by atomic mass is 35.5. The first kappa shape index (κ1) is 21.6. The Morgan fingerprint density at radius 1 is 0.909 bits per heavy atom. The van der Waals surface area contributed by atoms with Crippen molar-refractivity contribution in [2.24, 2.45) is 4.99 Å². The molecule has 33 heavy (non-hydrogen) atoms. The third-order valence-corrected chi connectivity index (χ3v) is 7.20. The summed E-state index contributed by atoms with van der Waals surface area (Å²) in [6, 6.07) is 27.6. The Labute approximate surface area is 197 Å². The monoisotopic (exact) mass is 476 g/mol. The van der Waals surface area contributed by atoms with Crippen LogP contribution >= 0.6 is 11.6 Å². The fourth-order valence-electron chi connectivity index (χ4n) is 4.07. The van der Waals surface area contributed by atoms with E-state index >= 15 is 0 Å². The van der Waals surface area contributed by atoms with Crippen molar-refractivity contribution in [2.45, 2.75) is 10.6 Å². The highest BCUT2D eigenvalue weighted by Gasteiger charge is 2.40. The summed E-state index contributed by atoms with van der Waals surface area (Å²) >= 11 is 6.08. The molecule has 1 aliphatic heterocycles. The largest absolute Gasteiger partial charge is 0.364 e. The van der Waals surface area contributed by atoms with Gasteiger partial charge in [-0.1, -0.05) is 48.0 Å². The zero-order valence-corrected chi connectivity index (χ0v) is 19.4. The summed E-state index contributed by atoms with van der Waals surface area (Å²) in [7, 11) is -3.31. The number of anilines is 1. The van der Waals surface area contributed by atoms with E-state index in [2.05, 4.69) is 0 Å². The number of nitrogens with zero attached hydrogens (tertiary/aromatic N) is 2. The molecule has 1 unspecified atom stereocenters. The molecule has 0 fully saturated rings. The third-order valence-electron chi connectivity index (χ3n) is 5.82. The Morgan fingerprint density at radius 2 is 1.58 bits per heavy atom. The summed E-state index contributed by atoms with van der Waals surface area (Å²) in [5.41, 5.74) is 0.730. The first-order chi connectivity index (χ1) is 15.7. The number of benzene rings is 4. The van der Waals surface area contributed by atoms with Crippen molar-refractivity contribution in [1.82, 2.24) is 0 Å². The Hall–Kier alpha value is -3.19. The van der Waals surface area contributed by atoms with Crippen molar-refractivity contribution < 1.29 is 13.5 Å². The van der Waals surface area contributed by atoms with Gasteiger partial charge in [-0.2, -0.15) is 0 Å². The maximum Gasteiger partial charge on any atom is 0.202 e. The van der Waals surface area contributed by atoms with Crippen molar-refractivity contribution in [2.75, 3.05) is 17.7 Å². The number of amidine groups is 1. The zero-order chi connectivity index (χ0) is 23.2. The van der Waals surface area contributed by atoms with Crippen LogP contribution in [0.15, 0.2) is 101 Å². The number of aliphatic hydroxyl groups is 1. The number of hydrogen-bond donors (Lipinski definition) is 1. The first-order valence-electron chi connectivity index (χ1n) is 10.4. The Bertz CT molecular complexity index is 1480. The van der Waals surface area contributed by atoms with Gasteiger partial charge in [-0.25, -0.2) is 13.4 Å². The van der Waals surface area contributed by atoms with Gasteiger partial charge >= 0.3 is 0 Å². The standard InChI is InChI=1S/C26H21ClN2O3S/c1-33(31,32)24-14-12-23(13-15-24)29-17-26(30,28-25(29)19-7-10-22(27)11-8-19)21-9-6-18-4-2-3-5-20(18)16-21/h2-16,30H,17H2,1H3. The fraction of sp³-hybridized carbons (Fsp3) is 0.115. The quantitative estimate of drug-likeness (QED) is 0.449. The van der Waals surface area contributed by atoms with Gasteiger partial charge in [0, 0.05) is 28.1 Å². The molecule has 5 rings (SSSR count). The van der Waals surface area contributed by atoms with E-state index in [0.717, 1.165) is 22.0 Å². The predicted octanol–water partition coefficient (Wildman–Crippen LogP) is 5.01. The molecule has 0 spiro atoms. The average molecular weight is 477 g/mol. The highest BCUT2D eigenvalue weighted by Crippen LogP contribution is 2.36. The fourth-order valence-corrected chi connectivity index (χ4v) is 4.82. The van der Waals surface area contributed by atoms with Crippen LogP contribution in [0.4, 0.5) is 5.69 Å². The van der Waals surface area contributed by atoms with Crippen LogP contribution in [0.5, 0.6) is 0 Å². The van der Waals surface area contributed by atoms with Crippen molar-refractivity contribution in [3.63, 3.8) is 0 Å². The molecule has 0 aromatic heterocycles. The second kappa shape index (κ2) is 7.99. The van der Waals surface area contributed by atoms with E-state index in [9.17, 15) is 13.5 Å². The minimum Gasteiger partial charge on any atom is -0.364 e. The molecule has 1 atom stereocenters. The Balaban J connectivity index is 1.61. The van der Waals surface area contributed by atoms with Crippen LogP contribution in [-0.2, 0) is 15.6 Å². The van der Waals surface area contributed by atoms with Gasteiger partial charge in [0.15, 0.2) is 9.84 Å². The Morgan fingerprint density at radius 3 is 2.24 bits per heavy atom. The molecule has 166 valence electrons. The summed E-state index contributed by atoms with van der Waals surface area (Å²) in [5, 5.41) is 14.4. The zero-order valence-electron chi connectivity index (χ0n) is 17.8. The number of rotatable bonds is 4. The molecule has 0 radical (unpaired) electrons. The van der Waals surface area contributed by atoms with Gasteiger partial charge in [-0.05, 0) is 65.4 Å². The summed E-state index contributed by atoms with van der Waals surface area (Å²) in [4.78, 5) is 6.89. The lowest BCUT2D eigenvalue weighted by Gasteiger charge is -2.25. The van der Waals surface area contributed by atoms with Crippen molar-refractivity contribution in [1.29, 1.82) is 0 Å². The normalized spacial score (nSPS) is 18.5. The SMILES string of the molecule is CS(=O)(=O)c1ccc(N2CC(O)(c3ccc4ccccc4c3)N=C2c2ccc(Cl)cc2)cc1. The summed E-state index contributed by atoms with van der Waals surface area (Å²) in [5.74, 6) is 0.578. The van der Waals surface area contributed by atoms with E-state index in [1.807, 2.05) is 59.5 Å². The van der Waals surface area contributed by atoms with Crippen LogP contribution < -0.4 is 4.90 Å². The van der Waals surface area contributed by atoms with Crippen molar-refractivity contribution in [3.05, 3.63) is 107 Å². The molecule has 0 aliphatic carbocycles. The number of aliphatic imine (C=N–C) groups is 1. The Kier molecular flexibility index (Phi) is 5.24. The smallest absolute Gasteiger partial charge is 0.202 e. The van der Waals surface area contributed by atoms with Gasteiger partial charge in [0.1, 0.15) is 5.84 Å². The molecule has 4 aromatic rings. The average Bonchev–Trinajstić information content (AvgIpc) is 3.17. The van der Waals surface area contributed by atoms with Crippen LogP contribution in [0, 0.1) is 0 Å². The lowest BCUT2D eigenvalue weighted by atomic mass is 9.99. The molecule has 5 nitrogen and oxygen atoms in total. The van der Waals surface area contributed by atoms with E-state index in [-0.39, 0.29) is 11.4 Å². The molecular weight excluding hydrogens is 456 g/mol. The van der Waals surface area contributed by atoms with E-state index in [1.165, 1.54) is 6.26 Å². The highest BCUT2D eigenvalue weighted by molar-refractivity contribution is 7.90. The van der Waals surface area contributed by atoms with Crippen LogP contribution in [0.3, 0.4) is 0 Å². The molecule has 0 saturated heterocycles. The molecular formula is C26H21ClN2O3S. The first-order valence-corrected chi connectivity index (χ1v) is 12.6. The van der Waals surface area contributed by atoms with Crippen LogP contribution in [0.25, 0.3) is 10.8 Å². The van der Waals surface area contributed by atoms with Gasteiger partial charge in [0.05, 0.1) is 11.4 Å². The summed E-state index contributed by atoms with van der Waals surface area (Å²) in [6.45, 7) is 0.182. The number of halogens is 1. The topological polar surface area (TPSA) is 70.0 Å². The number of fused-ring (bicyclic) bond motifs is 1. The molecule has 1 N–H and O–H groups in total. The van der Waals surface area contributed by atoms with Crippen molar-refractivity contribution >= 4 is 43.7 Å². The minimum absolute atomic E-state index is 0.182. The molecule has 1 heterocycles. The van der Waals surface area contributed by atoms with Crippen LogP contribution in [-0.4, -0.2) is 32.2 Å². The number of sulfone groups is 1. The maximum absolute atomic E-state index is 11.9. The second-order valence-corrected chi connectivity index (χ2v) is 10.6. The lowest BCUT2D eigenvalue weighted by molar-refractivity contribution is 0.0649. The summed E-state index contributed by atoms with van der Waals surface area (Å²) < 4.78 is 23.8. The molecule has 1 aliphatic rings. The molecule has 0 bridgehead atoms. The van der Waals surface area contributed by atoms with Crippen LogP contribution in [0.2, 0.25) is 5.02 Å². The van der Waals surface area contributed by atoms with Crippen molar-refractivity contribution in [3.8, 4) is 0 Å². The second-order valence-electron chi connectivity index (χ2n) is 8.17. The third kappa shape index (κ3) is 4.13. The van der Waals surface area contributed by atoms with Gasteiger partial charge in [0.25, 0.3) is 0 Å². The van der Waals surface area contributed by atoms with Gasteiger partial charge in [-0.3, -0.25) is 0 Å². The maximum atomic E-state index is 11.9. The molecule has 0 saturated carbocycles.